The quantitative estimate of drug-likeness (QED) is 0.542. The third kappa shape index (κ3) is 3.82. The predicted octanol–water partition coefficient (Wildman–Crippen LogP) is 5.11. The molecule has 1 N–H and O–H groups in total. The average Bonchev–Trinajstić information content (AvgIpc) is 2.88. The topological polar surface area (TPSA) is 48.8 Å². The van der Waals surface area contributed by atoms with Crippen LogP contribution in [-0.4, -0.2) is 47.2 Å². The summed E-state index contributed by atoms with van der Waals surface area (Å²) in [6, 6.07) is 24.6. The van der Waals surface area contributed by atoms with Crippen molar-refractivity contribution in [1.82, 2.24) is 9.88 Å². The van der Waals surface area contributed by atoms with Crippen LogP contribution in [0.15, 0.2) is 79.0 Å². The van der Waals surface area contributed by atoms with Crippen molar-refractivity contribution in [2.24, 2.45) is 10.8 Å². The second-order valence-electron chi connectivity index (χ2n) is 11.0. The minimum Gasteiger partial charge on any atom is -0.485 e. The third-order valence-electron chi connectivity index (χ3n) is 8.39. The minimum absolute atomic E-state index is 0.269. The molecule has 0 spiro atoms. The molecule has 0 atom stereocenters. The number of nitrogens with zero attached hydrogens (tertiary/aromatic N) is 3. The highest BCUT2D eigenvalue weighted by Crippen LogP contribution is 2.68. The third-order valence-corrected chi connectivity index (χ3v) is 8.39. The van der Waals surface area contributed by atoms with Gasteiger partial charge in [-0.15, -0.1) is 0 Å². The smallest absolute Gasteiger partial charge is 0.171 e. The summed E-state index contributed by atoms with van der Waals surface area (Å²) in [5.41, 5.74) is 0.748. The van der Waals surface area contributed by atoms with Crippen molar-refractivity contribution in [3.63, 3.8) is 0 Å². The average molecular weight is 472 g/mol. The maximum Gasteiger partial charge on any atom is 0.171 e. The van der Waals surface area contributed by atoms with Gasteiger partial charge in [-0.2, -0.15) is 0 Å². The van der Waals surface area contributed by atoms with Crippen LogP contribution in [-0.2, 0) is 12.2 Å². The molecule has 184 valence electrons. The van der Waals surface area contributed by atoms with Crippen LogP contribution in [0.4, 0.5) is 5.82 Å². The summed E-state index contributed by atoms with van der Waals surface area (Å²) >= 11 is 0. The van der Waals surface area contributed by atoms with Crippen molar-refractivity contribution in [1.29, 1.82) is 0 Å². The molecule has 0 amide bonds. The fraction of sp³-hybridized carbons (Fsp3) is 0.433. The van der Waals surface area contributed by atoms with Crippen molar-refractivity contribution in [3.8, 4) is 5.75 Å². The first-order chi connectivity index (χ1) is 16.8. The zero-order chi connectivity index (χ0) is 24.7. The van der Waals surface area contributed by atoms with Crippen molar-refractivity contribution in [2.45, 2.75) is 45.9 Å². The molecule has 1 aliphatic heterocycles. The summed E-state index contributed by atoms with van der Waals surface area (Å²) in [7, 11) is 0. The lowest BCUT2D eigenvalue weighted by atomic mass is 9.39. The van der Waals surface area contributed by atoms with E-state index < -0.39 is 5.60 Å². The Morgan fingerprint density at radius 1 is 0.829 bits per heavy atom. The van der Waals surface area contributed by atoms with E-state index >= 15 is 0 Å². The molecule has 3 aromatic rings. The minimum atomic E-state index is -0.873. The van der Waals surface area contributed by atoms with Crippen LogP contribution in [0.1, 0.15) is 38.8 Å². The molecule has 1 saturated heterocycles. The Morgan fingerprint density at radius 3 is 2.06 bits per heavy atom. The highest BCUT2D eigenvalue weighted by Gasteiger charge is 2.73. The van der Waals surface area contributed by atoms with Gasteiger partial charge in [-0.3, -0.25) is 4.90 Å². The van der Waals surface area contributed by atoms with Crippen molar-refractivity contribution >= 4 is 5.82 Å². The highest BCUT2D eigenvalue weighted by atomic mass is 16.5. The summed E-state index contributed by atoms with van der Waals surface area (Å²) in [5, 5.41) is 12.0. The number of aromatic nitrogens is 1. The molecule has 2 fully saturated rings. The first kappa shape index (κ1) is 23.8. The van der Waals surface area contributed by atoms with E-state index in [2.05, 4.69) is 66.7 Å². The van der Waals surface area contributed by atoms with Gasteiger partial charge in [0.15, 0.2) is 11.6 Å². The van der Waals surface area contributed by atoms with Crippen molar-refractivity contribution in [3.05, 3.63) is 90.1 Å². The van der Waals surface area contributed by atoms with Gasteiger partial charge in [0.25, 0.3) is 0 Å². The molecule has 5 nitrogen and oxygen atoms in total. The summed E-state index contributed by atoms with van der Waals surface area (Å²) in [4.78, 5) is 9.58. The standard InChI is InChI=1S/C30H37N3O2/c1-28(2)27(29(3,4)30(28,34)24-14-9-6-10-15-24)33-20-18-32(19-21-33)26-25(16-11-17-31-26)35-22-23-12-7-5-8-13-23/h5-17,27,34H,18-22H2,1-4H3. The van der Waals surface area contributed by atoms with E-state index in [9.17, 15) is 5.11 Å². The number of hydrogen-bond donors (Lipinski definition) is 1. The Morgan fingerprint density at radius 2 is 1.43 bits per heavy atom. The zero-order valence-electron chi connectivity index (χ0n) is 21.3. The number of hydrogen-bond acceptors (Lipinski definition) is 5. The molecule has 5 rings (SSSR count). The van der Waals surface area contributed by atoms with E-state index in [1.165, 1.54) is 0 Å². The number of anilines is 1. The summed E-state index contributed by atoms with van der Waals surface area (Å²) < 4.78 is 6.17. The number of benzene rings is 2. The van der Waals surface area contributed by atoms with Crippen LogP contribution < -0.4 is 9.64 Å². The van der Waals surface area contributed by atoms with Gasteiger partial charge in [0.05, 0.1) is 0 Å². The molecule has 35 heavy (non-hydrogen) atoms. The number of pyridine rings is 1. The molecule has 1 aromatic heterocycles. The zero-order valence-corrected chi connectivity index (χ0v) is 21.3. The van der Waals surface area contributed by atoms with E-state index in [-0.39, 0.29) is 16.9 Å². The number of rotatable bonds is 6. The fourth-order valence-corrected chi connectivity index (χ4v) is 7.05. The van der Waals surface area contributed by atoms with Crippen LogP contribution in [0.2, 0.25) is 0 Å². The van der Waals surface area contributed by atoms with Crippen LogP contribution in [0, 0.1) is 10.8 Å². The SMILES string of the molecule is CC1(C)C(N2CCN(c3ncccc3OCc3ccccc3)CC2)C(C)(C)C1(O)c1ccccc1. The molecule has 5 heteroatoms. The maximum atomic E-state index is 12.0. The Balaban J connectivity index is 1.29. The maximum absolute atomic E-state index is 12.0. The summed E-state index contributed by atoms with van der Waals surface area (Å²) in [6.45, 7) is 13.0. The lowest BCUT2D eigenvalue weighted by Gasteiger charge is -2.72. The predicted molar refractivity (Wildman–Crippen MR) is 140 cm³/mol. The van der Waals surface area contributed by atoms with Crippen LogP contribution in [0.3, 0.4) is 0 Å². The van der Waals surface area contributed by atoms with Gasteiger partial charge in [0.2, 0.25) is 0 Å². The highest BCUT2D eigenvalue weighted by molar-refractivity contribution is 5.52. The Kier molecular flexibility index (Phi) is 6.10. The number of ether oxygens (including phenoxy) is 1. The van der Waals surface area contributed by atoms with Gasteiger partial charge in [-0.1, -0.05) is 88.4 Å². The summed E-state index contributed by atoms with van der Waals surface area (Å²) in [6.07, 6.45) is 1.84. The second-order valence-corrected chi connectivity index (χ2v) is 11.0. The Hall–Kier alpha value is -2.89. The Labute approximate surface area is 209 Å². The lowest BCUT2D eigenvalue weighted by Crippen LogP contribution is -2.79. The van der Waals surface area contributed by atoms with E-state index in [0.29, 0.717) is 6.61 Å². The first-order valence-corrected chi connectivity index (χ1v) is 12.7. The number of piperazine rings is 1. The second kappa shape index (κ2) is 8.96. The fourth-order valence-electron chi connectivity index (χ4n) is 7.05. The van der Waals surface area contributed by atoms with Gasteiger partial charge in [-0.05, 0) is 23.3 Å². The van der Waals surface area contributed by atoms with Crippen LogP contribution in [0.5, 0.6) is 5.75 Å². The molecule has 0 bridgehead atoms. The normalized spacial score (nSPS) is 25.6. The largest absolute Gasteiger partial charge is 0.485 e. The molecule has 0 radical (unpaired) electrons. The van der Waals surface area contributed by atoms with Gasteiger partial charge in [0, 0.05) is 49.2 Å². The van der Waals surface area contributed by atoms with E-state index in [4.69, 9.17) is 4.74 Å². The van der Waals surface area contributed by atoms with E-state index in [1.807, 2.05) is 54.7 Å². The van der Waals surface area contributed by atoms with Gasteiger partial charge in [0.1, 0.15) is 12.2 Å². The molecule has 2 heterocycles. The van der Waals surface area contributed by atoms with Gasteiger partial charge in [-0.25, -0.2) is 4.98 Å². The monoisotopic (exact) mass is 471 g/mol. The number of aliphatic hydroxyl groups is 1. The summed E-state index contributed by atoms with van der Waals surface area (Å²) in [5.74, 6) is 1.74. The molecular formula is C30H37N3O2. The van der Waals surface area contributed by atoms with Crippen molar-refractivity contribution in [2.75, 3.05) is 31.1 Å². The lowest BCUT2D eigenvalue weighted by molar-refractivity contribution is -0.307. The van der Waals surface area contributed by atoms with Crippen LogP contribution >= 0.6 is 0 Å². The van der Waals surface area contributed by atoms with Gasteiger partial charge < -0.3 is 14.7 Å². The molecule has 2 aliphatic rings. The molecule has 0 unspecified atom stereocenters. The van der Waals surface area contributed by atoms with Gasteiger partial charge >= 0.3 is 0 Å². The first-order valence-electron chi connectivity index (χ1n) is 12.7. The van der Waals surface area contributed by atoms with E-state index in [1.54, 1.807) is 0 Å². The van der Waals surface area contributed by atoms with E-state index in [0.717, 1.165) is 48.9 Å². The van der Waals surface area contributed by atoms with Crippen LogP contribution in [0.25, 0.3) is 0 Å². The molecule has 1 aliphatic carbocycles. The van der Waals surface area contributed by atoms with Crippen molar-refractivity contribution < 1.29 is 9.84 Å². The molecular weight excluding hydrogens is 434 g/mol. The molecule has 1 saturated carbocycles. The molecule has 2 aromatic carbocycles. The Bertz CT molecular complexity index is 1120.